The van der Waals surface area contributed by atoms with Crippen LogP contribution in [0.15, 0.2) is 18.2 Å². The standard InChI is InChI=1S/C18H28N2O/c1-12-7-14(11-18(3,4)10-12)8-17(21)20-16-9-15(19)6-5-13(16)2/h5-6,9,12,14H,7-8,10-11,19H2,1-4H3,(H,20,21). The molecular weight excluding hydrogens is 260 g/mol. The maximum Gasteiger partial charge on any atom is 0.224 e. The van der Waals surface area contributed by atoms with Crippen molar-refractivity contribution in [2.24, 2.45) is 17.3 Å². The monoisotopic (exact) mass is 288 g/mol. The minimum atomic E-state index is 0.110. The molecule has 2 atom stereocenters. The van der Waals surface area contributed by atoms with Gasteiger partial charge in [0.05, 0.1) is 0 Å². The molecule has 0 radical (unpaired) electrons. The first-order valence-electron chi connectivity index (χ1n) is 7.91. The normalized spacial score (nSPS) is 24.6. The first kappa shape index (κ1) is 15.9. The fourth-order valence-corrected chi connectivity index (χ4v) is 3.94. The molecule has 0 saturated heterocycles. The number of rotatable bonds is 3. The molecule has 1 aromatic rings. The largest absolute Gasteiger partial charge is 0.399 e. The van der Waals surface area contributed by atoms with Gasteiger partial charge in [0, 0.05) is 17.8 Å². The molecule has 1 aromatic carbocycles. The number of benzene rings is 1. The Balaban J connectivity index is 1.97. The Hall–Kier alpha value is -1.51. The molecule has 21 heavy (non-hydrogen) atoms. The summed E-state index contributed by atoms with van der Waals surface area (Å²) in [7, 11) is 0. The number of amides is 1. The fourth-order valence-electron chi connectivity index (χ4n) is 3.94. The van der Waals surface area contributed by atoms with Crippen molar-refractivity contribution in [2.75, 3.05) is 11.1 Å². The topological polar surface area (TPSA) is 55.1 Å². The van der Waals surface area contributed by atoms with Crippen LogP contribution in [0.2, 0.25) is 0 Å². The van der Waals surface area contributed by atoms with Crippen molar-refractivity contribution < 1.29 is 4.79 Å². The lowest BCUT2D eigenvalue weighted by Crippen LogP contribution is -2.30. The zero-order chi connectivity index (χ0) is 15.6. The second kappa shape index (κ2) is 6.08. The average Bonchev–Trinajstić information content (AvgIpc) is 2.31. The van der Waals surface area contributed by atoms with Gasteiger partial charge in [0.25, 0.3) is 0 Å². The van der Waals surface area contributed by atoms with E-state index in [1.165, 1.54) is 6.42 Å². The number of anilines is 2. The van der Waals surface area contributed by atoms with E-state index < -0.39 is 0 Å². The highest BCUT2D eigenvalue weighted by Gasteiger charge is 2.32. The third kappa shape index (κ3) is 4.48. The van der Waals surface area contributed by atoms with Crippen LogP contribution >= 0.6 is 0 Å². The highest BCUT2D eigenvalue weighted by molar-refractivity contribution is 5.92. The number of carbonyl (C=O) groups excluding carboxylic acids is 1. The number of hydrogen-bond donors (Lipinski definition) is 2. The molecular formula is C18H28N2O. The minimum Gasteiger partial charge on any atom is -0.399 e. The first-order valence-corrected chi connectivity index (χ1v) is 7.91. The van der Waals surface area contributed by atoms with Gasteiger partial charge in [-0.15, -0.1) is 0 Å². The van der Waals surface area contributed by atoms with Gasteiger partial charge in [0.15, 0.2) is 0 Å². The number of nitrogens with two attached hydrogens (primary N) is 1. The van der Waals surface area contributed by atoms with Crippen LogP contribution in [0.4, 0.5) is 11.4 Å². The van der Waals surface area contributed by atoms with Gasteiger partial charge < -0.3 is 11.1 Å². The summed E-state index contributed by atoms with van der Waals surface area (Å²) in [5, 5.41) is 3.02. The molecule has 116 valence electrons. The number of nitrogen functional groups attached to an aromatic ring is 1. The Bertz CT molecular complexity index is 522. The highest BCUT2D eigenvalue weighted by atomic mass is 16.1. The Morgan fingerprint density at radius 3 is 2.76 bits per heavy atom. The van der Waals surface area contributed by atoms with E-state index in [0.717, 1.165) is 24.1 Å². The molecule has 1 saturated carbocycles. The van der Waals surface area contributed by atoms with E-state index >= 15 is 0 Å². The van der Waals surface area contributed by atoms with Gasteiger partial charge in [-0.25, -0.2) is 0 Å². The van der Waals surface area contributed by atoms with Crippen LogP contribution in [0.5, 0.6) is 0 Å². The lowest BCUT2D eigenvalue weighted by molar-refractivity contribution is -0.117. The van der Waals surface area contributed by atoms with E-state index in [1.807, 2.05) is 25.1 Å². The van der Waals surface area contributed by atoms with Crippen molar-refractivity contribution in [1.82, 2.24) is 0 Å². The van der Waals surface area contributed by atoms with Crippen LogP contribution < -0.4 is 11.1 Å². The summed E-state index contributed by atoms with van der Waals surface area (Å²) < 4.78 is 0. The smallest absolute Gasteiger partial charge is 0.224 e. The van der Waals surface area contributed by atoms with Crippen LogP contribution in [-0.2, 0) is 4.79 Å². The Morgan fingerprint density at radius 2 is 2.10 bits per heavy atom. The molecule has 3 nitrogen and oxygen atoms in total. The van der Waals surface area contributed by atoms with Gasteiger partial charge in [-0.2, -0.15) is 0 Å². The Labute approximate surface area is 128 Å². The predicted octanol–water partition coefficient (Wildman–Crippen LogP) is 4.37. The Kier molecular flexibility index (Phi) is 4.60. The second-order valence-corrected chi connectivity index (χ2v) is 7.61. The second-order valence-electron chi connectivity index (χ2n) is 7.61. The van der Waals surface area contributed by atoms with Gasteiger partial charge in [0.2, 0.25) is 5.91 Å². The third-order valence-electron chi connectivity index (χ3n) is 4.49. The summed E-state index contributed by atoms with van der Waals surface area (Å²) in [4.78, 5) is 12.3. The van der Waals surface area contributed by atoms with E-state index in [2.05, 4.69) is 26.1 Å². The van der Waals surface area contributed by atoms with Gasteiger partial charge in [-0.05, 0) is 61.1 Å². The number of carbonyl (C=O) groups is 1. The zero-order valence-electron chi connectivity index (χ0n) is 13.7. The molecule has 3 N–H and O–H groups in total. The summed E-state index contributed by atoms with van der Waals surface area (Å²) in [6.07, 6.45) is 4.18. The van der Waals surface area contributed by atoms with Crippen molar-refractivity contribution >= 4 is 17.3 Å². The average molecular weight is 288 g/mol. The Morgan fingerprint density at radius 1 is 1.38 bits per heavy atom. The fraction of sp³-hybridized carbons (Fsp3) is 0.611. The third-order valence-corrected chi connectivity index (χ3v) is 4.49. The summed E-state index contributed by atoms with van der Waals surface area (Å²) in [5.74, 6) is 1.31. The van der Waals surface area contributed by atoms with E-state index in [-0.39, 0.29) is 5.91 Å². The highest BCUT2D eigenvalue weighted by Crippen LogP contribution is 2.42. The predicted molar refractivity (Wildman–Crippen MR) is 89.1 cm³/mol. The van der Waals surface area contributed by atoms with Gasteiger partial charge in [-0.1, -0.05) is 26.8 Å². The van der Waals surface area contributed by atoms with Gasteiger partial charge in [0.1, 0.15) is 0 Å². The minimum absolute atomic E-state index is 0.110. The maximum absolute atomic E-state index is 12.3. The van der Waals surface area contributed by atoms with Crippen molar-refractivity contribution in [3.05, 3.63) is 23.8 Å². The lowest BCUT2D eigenvalue weighted by atomic mass is 9.67. The molecule has 1 aliphatic rings. The molecule has 3 heteroatoms. The van der Waals surface area contributed by atoms with Crippen molar-refractivity contribution in [1.29, 1.82) is 0 Å². The maximum atomic E-state index is 12.3. The number of aryl methyl sites for hydroxylation is 1. The van der Waals surface area contributed by atoms with Gasteiger partial charge >= 0.3 is 0 Å². The quantitative estimate of drug-likeness (QED) is 0.811. The van der Waals surface area contributed by atoms with Gasteiger partial charge in [-0.3, -0.25) is 4.79 Å². The molecule has 1 amide bonds. The van der Waals surface area contributed by atoms with Crippen LogP contribution in [-0.4, -0.2) is 5.91 Å². The molecule has 0 aromatic heterocycles. The summed E-state index contributed by atoms with van der Waals surface area (Å²) in [6, 6.07) is 5.63. The molecule has 0 spiro atoms. The number of nitrogens with one attached hydrogen (secondary N) is 1. The van der Waals surface area contributed by atoms with E-state index in [1.54, 1.807) is 0 Å². The number of hydrogen-bond acceptors (Lipinski definition) is 2. The summed E-state index contributed by atoms with van der Waals surface area (Å²) in [5.41, 5.74) is 8.72. The van der Waals surface area contributed by atoms with Crippen molar-refractivity contribution in [3.8, 4) is 0 Å². The SMILES string of the molecule is Cc1ccc(N)cc1NC(=O)CC1CC(C)CC(C)(C)C1. The van der Waals surface area contributed by atoms with Crippen LogP contribution in [0.1, 0.15) is 52.0 Å². The molecule has 0 aliphatic heterocycles. The van der Waals surface area contributed by atoms with Crippen LogP contribution in [0.25, 0.3) is 0 Å². The molecule has 2 unspecified atom stereocenters. The van der Waals surface area contributed by atoms with Crippen molar-refractivity contribution in [3.63, 3.8) is 0 Å². The first-order chi connectivity index (χ1) is 9.75. The van der Waals surface area contributed by atoms with Crippen LogP contribution in [0, 0.1) is 24.2 Å². The molecule has 2 rings (SSSR count). The summed E-state index contributed by atoms with van der Waals surface area (Å²) in [6.45, 7) is 8.92. The van der Waals surface area contributed by atoms with E-state index in [4.69, 9.17) is 5.73 Å². The molecule has 0 heterocycles. The lowest BCUT2D eigenvalue weighted by Gasteiger charge is -2.38. The zero-order valence-corrected chi connectivity index (χ0v) is 13.7. The molecule has 1 fully saturated rings. The molecule has 0 bridgehead atoms. The molecule has 1 aliphatic carbocycles. The van der Waals surface area contributed by atoms with Crippen molar-refractivity contribution in [2.45, 2.75) is 53.4 Å². The van der Waals surface area contributed by atoms with E-state index in [9.17, 15) is 4.79 Å². The van der Waals surface area contributed by atoms with Crippen LogP contribution in [0.3, 0.4) is 0 Å². The van der Waals surface area contributed by atoms with E-state index in [0.29, 0.717) is 29.4 Å². The summed E-state index contributed by atoms with van der Waals surface area (Å²) >= 11 is 0.